The lowest BCUT2D eigenvalue weighted by molar-refractivity contribution is 0.0914. The van der Waals surface area contributed by atoms with Crippen LogP contribution in [0.5, 0.6) is 0 Å². The van der Waals surface area contributed by atoms with E-state index in [1.807, 2.05) is 25.1 Å². The zero-order valence-electron chi connectivity index (χ0n) is 13.0. The number of benzene rings is 1. The molecular weight excluding hydrogens is 262 g/mol. The zero-order chi connectivity index (χ0) is 15.0. The van der Waals surface area contributed by atoms with Gasteiger partial charge in [-0.2, -0.15) is 0 Å². The number of aryl methyl sites for hydroxylation is 2. The van der Waals surface area contributed by atoms with Crippen molar-refractivity contribution >= 4 is 16.8 Å². The Hall–Kier alpha value is -1.81. The molecule has 1 aliphatic rings. The molecular formula is C17H23N3O. The zero-order valence-corrected chi connectivity index (χ0v) is 13.0. The van der Waals surface area contributed by atoms with E-state index in [0.29, 0.717) is 0 Å². The Labute approximate surface area is 125 Å². The monoisotopic (exact) mass is 285 g/mol. The molecule has 1 amide bonds. The molecule has 4 nitrogen and oxygen atoms in total. The predicted octanol–water partition coefficient (Wildman–Crippen LogP) is 2.61. The number of nitrogens with zero attached hydrogens (tertiary/aromatic N) is 1. The highest BCUT2D eigenvalue weighted by Crippen LogP contribution is 2.25. The molecule has 112 valence electrons. The summed E-state index contributed by atoms with van der Waals surface area (Å²) in [6.45, 7) is 6.18. The number of carbonyl (C=O) groups excluding carboxylic acids is 1. The fraction of sp³-hybridized carbons (Fsp3) is 0.471. The number of likely N-dealkylation sites (tertiary alicyclic amines) is 1. The van der Waals surface area contributed by atoms with Crippen LogP contribution in [0, 0.1) is 13.8 Å². The van der Waals surface area contributed by atoms with Gasteiger partial charge < -0.3 is 15.2 Å². The van der Waals surface area contributed by atoms with Crippen molar-refractivity contribution in [1.82, 2.24) is 15.2 Å². The van der Waals surface area contributed by atoms with E-state index in [4.69, 9.17) is 0 Å². The molecule has 2 heterocycles. The van der Waals surface area contributed by atoms with Gasteiger partial charge in [-0.05, 0) is 58.0 Å². The summed E-state index contributed by atoms with van der Waals surface area (Å²) in [4.78, 5) is 18.3. The minimum atomic E-state index is 0.0444. The van der Waals surface area contributed by atoms with Crippen molar-refractivity contribution < 1.29 is 4.79 Å². The van der Waals surface area contributed by atoms with Crippen LogP contribution in [0.15, 0.2) is 18.2 Å². The van der Waals surface area contributed by atoms with Crippen molar-refractivity contribution in [3.8, 4) is 0 Å². The summed E-state index contributed by atoms with van der Waals surface area (Å²) in [5.74, 6) is 0.0444. The average Bonchev–Trinajstić information content (AvgIpc) is 2.74. The summed E-state index contributed by atoms with van der Waals surface area (Å²) in [5, 5.41) is 4.25. The van der Waals surface area contributed by atoms with Gasteiger partial charge in [0.25, 0.3) is 5.91 Å². The molecule has 1 aromatic heterocycles. The number of fused-ring (bicyclic) bond motifs is 1. The number of amides is 1. The Bertz CT molecular complexity index is 674. The molecule has 1 fully saturated rings. The molecule has 1 atom stereocenters. The minimum Gasteiger partial charge on any atom is -0.358 e. The molecule has 21 heavy (non-hydrogen) atoms. The highest BCUT2D eigenvalue weighted by molar-refractivity contribution is 6.08. The molecule has 2 aromatic rings. The number of likely N-dealkylation sites (N-methyl/N-ethyl adjacent to an activating group) is 1. The van der Waals surface area contributed by atoms with Crippen LogP contribution in [0.25, 0.3) is 10.9 Å². The molecule has 3 rings (SSSR count). The lowest BCUT2D eigenvalue weighted by Crippen LogP contribution is -2.46. The molecule has 0 bridgehead atoms. The van der Waals surface area contributed by atoms with Crippen LogP contribution < -0.4 is 5.32 Å². The van der Waals surface area contributed by atoms with Crippen molar-refractivity contribution in [3.63, 3.8) is 0 Å². The number of hydrogen-bond acceptors (Lipinski definition) is 2. The Morgan fingerprint density at radius 2 is 2.19 bits per heavy atom. The van der Waals surface area contributed by atoms with E-state index in [2.05, 4.69) is 29.2 Å². The average molecular weight is 285 g/mol. The summed E-state index contributed by atoms with van der Waals surface area (Å²) in [6, 6.07) is 6.15. The first-order valence-electron chi connectivity index (χ1n) is 7.63. The van der Waals surface area contributed by atoms with Crippen molar-refractivity contribution in [2.24, 2.45) is 0 Å². The molecule has 1 aromatic carbocycles. The Morgan fingerprint density at radius 1 is 1.38 bits per heavy atom. The van der Waals surface area contributed by atoms with E-state index >= 15 is 0 Å². The van der Waals surface area contributed by atoms with E-state index in [9.17, 15) is 4.79 Å². The topological polar surface area (TPSA) is 48.1 Å². The van der Waals surface area contributed by atoms with Gasteiger partial charge in [-0.3, -0.25) is 4.79 Å². The second-order valence-corrected chi connectivity index (χ2v) is 6.18. The highest BCUT2D eigenvalue weighted by atomic mass is 16.1. The molecule has 0 aliphatic carbocycles. The smallest absolute Gasteiger partial charge is 0.252 e. The molecule has 0 unspecified atom stereocenters. The fourth-order valence-electron chi connectivity index (χ4n) is 3.28. The molecule has 4 heteroatoms. The van der Waals surface area contributed by atoms with Gasteiger partial charge in [0.2, 0.25) is 0 Å². The van der Waals surface area contributed by atoms with E-state index in [-0.39, 0.29) is 11.9 Å². The Kier molecular flexibility index (Phi) is 3.72. The maximum atomic E-state index is 12.7. The number of carbonyl (C=O) groups is 1. The van der Waals surface area contributed by atoms with Gasteiger partial charge in [0.1, 0.15) is 0 Å². The normalized spacial score (nSPS) is 19.9. The summed E-state index contributed by atoms with van der Waals surface area (Å²) >= 11 is 0. The maximum Gasteiger partial charge on any atom is 0.252 e. The van der Waals surface area contributed by atoms with Crippen molar-refractivity contribution in [3.05, 3.63) is 35.0 Å². The lowest BCUT2D eigenvalue weighted by Gasteiger charge is -2.30. The van der Waals surface area contributed by atoms with Gasteiger partial charge in [-0.25, -0.2) is 0 Å². The van der Waals surface area contributed by atoms with Gasteiger partial charge in [-0.1, -0.05) is 6.07 Å². The summed E-state index contributed by atoms with van der Waals surface area (Å²) in [5.41, 5.74) is 4.11. The van der Waals surface area contributed by atoms with Gasteiger partial charge in [0.05, 0.1) is 0 Å². The van der Waals surface area contributed by atoms with E-state index in [1.54, 1.807) is 0 Å². The predicted molar refractivity (Wildman–Crippen MR) is 85.8 cm³/mol. The molecule has 1 saturated heterocycles. The standard InChI is InChI=1S/C17H23N3O/c1-11-12(2)18-15-8-4-7-14(16(11)15)17(21)19-13-6-5-9-20(3)10-13/h4,7-8,13,18H,5-6,9-10H2,1-3H3,(H,19,21)/t13-/m1/s1. The Balaban J connectivity index is 1.88. The summed E-state index contributed by atoms with van der Waals surface area (Å²) in [7, 11) is 2.11. The van der Waals surface area contributed by atoms with Crippen molar-refractivity contribution in [2.45, 2.75) is 32.7 Å². The maximum absolute atomic E-state index is 12.7. The third-order valence-corrected chi connectivity index (χ3v) is 4.53. The quantitative estimate of drug-likeness (QED) is 0.891. The van der Waals surface area contributed by atoms with Gasteiger partial charge in [0, 0.05) is 34.7 Å². The second-order valence-electron chi connectivity index (χ2n) is 6.18. The van der Waals surface area contributed by atoms with Crippen molar-refractivity contribution in [2.75, 3.05) is 20.1 Å². The van der Waals surface area contributed by atoms with E-state index in [1.165, 1.54) is 0 Å². The van der Waals surface area contributed by atoms with Crippen LogP contribution >= 0.6 is 0 Å². The third-order valence-electron chi connectivity index (χ3n) is 4.53. The molecule has 0 radical (unpaired) electrons. The largest absolute Gasteiger partial charge is 0.358 e. The van der Waals surface area contributed by atoms with Crippen LogP contribution in [-0.2, 0) is 0 Å². The first-order chi connectivity index (χ1) is 10.1. The number of nitrogens with one attached hydrogen (secondary N) is 2. The number of rotatable bonds is 2. The first kappa shape index (κ1) is 14.1. The van der Waals surface area contributed by atoms with Gasteiger partial charge >= 0.3 is 0 Å². The van der Waals surface area contributed by atoms with Crippen LogP contribution in [0.2, 0.25) is 0 Å². The van der Waals surface area contributed by atoms with Crippen LogP contribution in [-0.4, -0.2) is 42.0 Å². The van der Waals surface area contributed by atoms with Crippen molar-refractivity contribution in [1.29, 1.82) is 0 Å². The summed E-state index contributed by atoms with van der Waals surface area (Å²) in [6.07, 6.45) is 2.21. The number of aromatic nitrogens is 1. The second kappa shape index (κ2) is 5.53. The lowest BCUT2D eigenvalue weighted by atomic mass is 10.0. The number of H-pyrrole nitrogens is 1. The number of hydrogen-bond donors (Lipinski definition) is 2. The molecule has 2 N–H and O–H groups in total. The Morgan fingerprint density at radius 3 is 2.95 bits per heavy atom. The van der Waals surface area contributed by atoms with Crippen LogP contribution in [0.3, 0.4) is 0 Å². The molecule has 1 aliphatic heterocycles. The highest BCUT2D eigenvalue weighted by Gasteiger charge is 2.21. The van der Waals surface area contributed by atoms with Crippen LogP contribution in [0.4, 0.5) is 0 Å². The minimum absolute atomic E-state index is 0.0444. The first-order valence-corrected chi connectivity index (χ1v) is 7.63. The number of aromatic amines is 1. The molecule has 0 saturated carbocycles. The molecule has 0 spiro atoms. The van der Waals surface area contributed by atoms with E-state index < -0.39 is 0 Å². The van der Waals surface area contributed by atoms with Crippen LogP contribution in [0.1, 0.15) is 34.5 Å². The SMILES string of the molecule is Cc1[nH]c2cccc(C(=O)N[C@@H]3CCCN(C)C3)c2c1C. The van der Waals surface area contributed by atoms with Gasteiger partial charge in [0.15, 0.2) is 0 Å². The third kappa shape index (κ3) is 2.68. The fourth-order valence-corrected chi connectivity index (χ4v) is 3.28. The number of piperidine rings is 1. The van der Waals surface area contributed by atoms with Gasteiger partial charge in [-0.15, -0.1) is 0 Å². The summed E-state index contributed by atoms with van der Waals surface area (Å²) < 4.78 is 0. The van der Waals surface area contributed by atoms with E-state index in [0.717, 1.165) is 53.7 Å².